The Kier molecular flexibility index (Phi) is 4.57. The van der Waals surface area contributed by atoms with E-state index in [4.69, 9.17) is 4.74 Å². The van der Waals surface area contributed by atoms with Gasteiger partial charge in [-0.1, -0.05) is 0 Å². The van der Waals surface area contributed by atoms with Crippen molar-refractivity contribution in [3.8, 4) is 0 Å². The molecule has 1 aliphatic rings. The summed E-state index contributed by atoms with van der Waals surface area (Å²) in [7, 11) is 0. The van der Waals surface area contributed by atoms with Gasteiger partial charge in [0.1, 0.15) is 0 Å². The number of nitrogens with one attached hydrogen (secondary N) is 1. The third-order valence-corrected chi connectivity index (χ3v) is 3.44. The molecule has 4 nitrogen and oxygen atoms in total. The zero-order chi connectivity index (χ0) is 12.1. The average Bonchev–Trinajstić information content (AvgIpc) is 2.83. The van der Waals surface area contributed by atoms with Crippen molar-refractivity contribution >= 4 is 0 Å². The second-order valence-corrected chi connectivity index (χ2v) is 5.07. The molecule has 0 amide bonds. The second kappa shape index (κ2) is 6.17. The van der Waals surface area contributed by atoms with Crippen LogP contribution in [0.5, 0.6) is 0 Å². The van der Waals surface area contributed by atoms with Gasteiger partial charge in [0.2, 0.25) is 0 Å². The number of aromatic nitrogens is 2. The molecule has 0 aromatic carbocycles. The zero-order valence-electron chi connectivity index (χ0n) is 10.9. The van der Waals surface area contributed by atoms with E-state index in [2.05, 4.69) is 28.9 Å². The Morgan fingerprint density at radius 3 is 2.82 bits per heavy atom. The van der Waals surface area contributed by atoms with Gasteiger partial charge in [0.15, 0.2) is 0 Å². The van der Waals surface area contributed by atoms with Crippen LogP contribution < -0.4 is 0 Å². The van der Waals surface area contributed by atoms with E-state index in [1.165, 1.54) is 31.5 Å². The van der Waals surface area contributed by atoms with Crippen molar-refractivity contribution in [2.75, 3.05) is 26.2 Å². The predicted octanol–water partition coefficient (Wildman–Crippen LogP) is 2.01. The summed E-state index contributed by atoms with van der Waals surface area (Å²) in [6.07, 6.45) is 6.81. The van der Waals surface area contributed by atoms with Gasteiger partial charge in [-0.25, -0.2) is 0 Å². The maximum Gasteiger partial charge on any atom is 0.0596 e. The minimum atomic E-state index is 0.346. The molecular formula is C13H23N3O. The second-order valence-electron chi connectivity index (χ2n) is 5.07. The standard InChI is InChI=1S/C13H23N3O/c1-11(2)17-8-7-16-5-3-12(4-6-16)13-9-14-15-10-13/h9-12H,3-8H2,1-2H3,(H,14,15). The summed E-state index contributed by atoms with van der Waals surface area (Å²) in [5.41, 5.74) is 1.36. The van der Waals surface area contributed by atoms with Crippen molar-refractivity contribution in [1.82, 2.24) is 15.1 Å². The molecule has 1 N–H and O–H groups in total. The molecule has 0 aliphatic carbocycles. The van der Waals surface area contributed by atoms with E-state index in [-0.39, 0.29) is 0 Å². The van der Waals surface area contributed by atoms with Crippen LogP contribution in [0.4, 0.5) is 0 Å². The lowest BCUT2D eigenvalue weighted by Crippen LogP contribution is -2.35. The van der Waals surface area contributed by atoms with Crippen LogP contribution in [0.1, 0.15) is 38.2 Å². The number of H-pyrrole nitrogens is 1. The van der Waals surface area contributed by atoms with Gasteiger partial charge in [0.25, 0.3) is 0 Å². The first kappa shape index (κ1) is 12.6. The van der Waals surface area contributed by atoms with E-state index in [0.717, 1.165) is 13.2 Å². The lowest BCUT2D eigenvalue weighted by atomic mass is 9.92. The summed E-state index contributed by atoms with van der Waals surface area (Å²) in [6, 6.07) is 0. The Morgan fingerprint density at radius 1 is 1.47 bits per heavy atom. The summed E-state index contributed by atoms with van der Waals surface area (Å²) in [4.78, 5) is 2.50. The Bertz CT molecular complexity index is 302. The summed E-state index contributed by atoms with van der Waals surface area (Å²) >= 11 is 0. The molecule has 17 heavy (non-hydrogen) atoms. The fourth-order valence-corrected chi connectivity index (χ4v) is 2.39. The fraction of sp³-hybridized carbons (Fsp3) is 0.769. The van der Waals surface area contributed by atoms with Crippen LogP contribution in [-0.2, 0) is 4.74 Å². The highest BCUT2D eigenvalue weighted by molar-refractivity contribution is 5.11. The maximum absolute atomic E-state index is 5.59. The molecule has 0 radical (unpaired) electrons. The van der Waals surface area contributed by atoms with Crippen LogP contribution >= 0.6 is 0 Å². The van der Waals surface area contributed by atoms with E-state index in [0.29, 0.717) is 12.0 Å². The highest BCUT2D eigenvalue weighted by Gasteiger charge is 2.20. The van der Waals surface area contributed by atoms with Gasteiger partial charge in [-0.15, -0.1) is 0 Å². The lowest BCUT2D eigenvalue weighted by molar-refractivity contribution is 0.0536. The number of hydrogen-bond donors (Lipinski definition) is 1. The monoisotopic (exact) mass is 237 g/mol. The molecule has 1 aromatic rings. The molecule has 0 unspecified atom stereocenters. The third-order valence-electron chi connectivity index (χ3n) is 3.44. The number of ether oxygens (including phenoxy) is 1. The molecule has 0 atom stereocenters. The van der Waals surface area contributed by atoms with Crippen LogP contribution in [0.25, 0.3) is 0 Å². The number of piperidine rings is 1. The molecule has 2 heterocycles. The fourth-order valence-electron chi connectivity index (χ4n) is 2.39. The largest absolute Gasteiger partial charge is 0.377 e. The highest BCUT2D eigenvalue weighted by Crippen LogP contribution is 2.26. The van der Waals surface area contributed by atoms with Crippen LogP contribution in [0.2, 0.25) is 0 Å². The lowest BCUT2D eigenvalue weighted by Gasteiger charge is -2.31. The molecule has 0 saturated carbocycles. The molecule has 2 rings (SSSR count). The SMILES string of the molecule is CC(C)OCCN1CCC(c2cn[nH]c2)CC1. The first-order valence-corrected chi connectivity index (χ1v) is 6.58. The van der Waals surface area contributed by atoms with Crippen LogP contribution in [0, 0.1) is 0 Å². The molecule has 1 saturated heterocycles. The number of nitrogens with zero attached hydrogens (tertiary/aromatic N) is 2. The molecule has 4 heteroatoms. The van der Waals surface area contributed by atoms with Crippen molar-refractivity contribution < 1.29 is 4.74 Å². The smallest absolute Gasteiger partial charge is 0.0596 e. The first-order chi connectivity index (χ1) is 8.25. The number of rotatable bonds is 5. The Balaban J connectivity index is 1.68. The quantitative estimate of drug-likeness (QED) is 0.851. The van der Waals surface area contributed by atoms with E-state index < -0.39 is 0 Å². The zero-order valence-corrected chi connectivity index (χ0v) is 10.9. The van der Waals surface area contributed by atoms with Crippen molar-refractivity contribution in [3.63, 3.8) is 0 Å². The van der Waals surface area contributed by atoms with E-state index >= 15 is 0 Å². The summed E-state index contributed by atoms with van der Waals surface area (Å²) in [5, 5.41) is 6.93. The van der Waals surface area contributed by atoms with Gasteiger partial charge in [-0.3, -0.25) is 5.10 Å². The Hall–Kier alpha value is -0.870. The van der Waals surface area contributed by atoms with Crippen LogP contribution in [0.3, 0.4) is 0 Å². The van der Waals surface area contributed by atoms with Crippen LogP contribution in [-0.4, -0.2) is 47.4 Å². The van der Waals surface area contributed by atoms with E-state index in [1.807, 2.05) is 12.4 Å². The van der Waals surface area contributed by atoms with E-state index in [9.17, 15) is 0 Å². The number of hydrogen-bond acceptors (Lipinski definition) is 3. The molecule has 96 valence electrons. The normalized spacial score (nSPS) is 19.0. The maximum atomic E-state index is 5.59. The summed E-state index contributed by atoms with van der Waals surface area (Å²) in [5.74, 6) is 0.691. The summed E-state index contributed by atoms with van der Waals surface area (Å²) < 4.78 is 5.59. The van der Waals surface area contributed by atoms with Gasteiger partial charge in [0, 0.05) is 12.7 Å². The van der Waals surface area contributed by atoms with Crippen molar-refractivity contribution in [2.24, 2.45) is 0 Å². The topological polar surface area (TPSA) is 41.1 Å². The first-order valence-electron chi connectivity index (χ1n) is 6.58. The third kappa shape index (κ3) is 3.82. The summed E-state index contributed by atoms with van der Waals surface area (Å²) in [6.45, 7) is 8.45. The van der Waals surface area contributed by atoms with Gasteiger partial charge in [-0.2, -0.15) is 5.10 Å². The average molecular weight is 237 g/mol. The molecular weight excluding hydrogens is 214 g/mol. The number of likely N-dealkylation sites (tertiary alicyclic amines) is 1. The Morgan fingerprint density at radius 2 is 2.24 bits per heavy atom. The van der Waals surface area contributed by atoms with Gasteiger partial charge in [-0.05, 0) is 51.3 Å². The van der Waals surface area contributed by atoms with Crippen molar-refractivity contribution in [1.29, 1.82) is 0 Å². The molecule has 1 fully saturated rings. The van der Waals surface area contributed by atoms with Gasteiger partial charge in [0.05, 0.1) is 18.9 Å². The highest BCUT2D eigenvalue weighted by atomic mass is 16.5. The molecule has 1 aromatic heterocycles. The van der Waals surface area contributed by atoms with Gasteiger partial charge < -0.3 is 9.64 Å². The molecule has 0 spiro atoms. The van der Waals surface area contributed by atoms with Crippen LogP contribution in [0.15, 0.2) is 12.4 Å². The minimum absolute atomic E-state index is 0.346. The predicted molar refractivity (Wildman–Crippen MR) is 68.1 cm³/mol. The number of aromatic amines is 1. The minimum Gasteiger partial charge on any atom is -0.377 e. The Labute approximate surface area is 103 Å². The van der Waals surface area contributed by atoms with Crippen molar-refractivity contribution in [2.45, 2.75) is 38.7 Å². The molecule has 0 bridgehead atoms. The van der Waals surface area contributed by atoms with Crippen molar-refractivity contribution in [3.05, 3.63) is 18.0 Å². The van der Waals surface area contributed by atoms with E-state index in [1.54, 1.807) is 0 Å². The molecule has 1 aliphatic heterocycles. The van der Waals surface area contributed by atoms with Gasteiger partial charge >= 0.3 is 0 Å².